The van der Waals surface area contributed by atoms with Crippen molar-refractivity contribution in [1.82, 2.24) is 9.97 Å². The highest BCUT2D eigenvalue weighted by Gasteiger charge is 2.19. The van der Waals surface area contributed by atoms with Gasteiger partial charge < -0.3 is 10.2 Å². The predicted molar refractivity (Wildman–Crippen MR) is 87.1 cm³/mol. The molecule has 0 aliphatic carbocycles. The Balaban J connectivity index is 1.85. The molecule has 1 aliphatic rings. The smallest absolute Gasteiger partial charge is 0.227 e. The number of nitrogens with zero attached hydrogens (tertiary/aromatic N) is 3. The number of para-hydroxylation sites is 1. The van der Waals surface area contributed by atoms with Gasteiger partial charge in [-0.25, -0.2) is 9.37 Å². The lowest BCUT2D eigenvalue weighted by Gasteiger charge is -2.31. The maximum atomic E-state index is 13.8. The number of rotatable bonds is 3. The molecule has 1 fully saturated rings. The molecule has 116 valence electrons. The van der Waals surface area contributed by atoms with Crippen LogP contribution in [0.15, 0.2) is 30.3 Å². The van der Waals surface area contributed by atoms with Crippen molar-refractivity contribution < 1.29 is 4.39 Å². The Morgan fingerprint density at radius 2 is 2.09 bits per heavy atom. The Kier molecular flexibility index (Phi) is 4.22. The number of hydrogen-bond acceptors (Lipinski definition) is 4. The van der Waals surface area contributed by atoms with E-state index < -0.39 is 0 Å². The van der Waals surface area contributed by atoms with Gasteiger partial charge in [-0.15, -0.1) is 0 Å². The van der Waals surface area contributed by atoms with Gasteiger partial charge in [0, 0.05) is 24.8 Å². The minimum Gasteiger partial charge on any atom is -0.340 e. The number of anilines is 3. The third kappa shape index (κ3) is 3.35. The van der Waals surface area contributed by atoms with E-state index >= 15 is 0 Å². The van der Waals surface area contributed by atoms with Crippen molar-refractivity contribution in [3.05, 3.63) is 41.8 Å². The summed E-state index contributed by atoms with van der Waals surface area (Å²) in [6.07, 6.45) is 2.41. The normalized spacial score (nSPS) is 18.3. The van der Waals surface area contributed by atoms with Crippen LogP contribution in [0.2, 0.25) is 0 Å². The standard InChI is InChI=1S/C17H21FN4/c1-12-6-5-9-22(11-12)17-19-13(2)10-16(21-17)20-15-8-4-3-7-14(15)18/h3-4,7-8,10,12H,5-6,9,11H2,1-2H3,(H,19,20,21). The maximum absolute atomic E-state index is 13.8. The van der Waals surface area contributed by atoms with Crippen molar-refractivity contribution in [2.45, 2.75) is 26.7 Å². The van der Waals surface area contributed by atoms with Crippen molar-refractivity contribution >= 4 is 17.5 Å². The summed E-state index contributed by atoms with van der Waals surface area (Å²) in [6, 6.07) is 8.45. The van der Waals surface area contributed by atoms with E-state index in [1.807, 2.05) is 13.0 Å². The van der Waals surface area contributed by atoms with Crippen molar-refractivity contribution in [2.24, 2.45) is 5.92 Å². The molecule has 0 spiro atoms. The van der Waals surface area contributed by atoms with Crippen LogP contribution >= 0.6 is 0 Å². The van der Waals surface area contributed by atoms with E-state index in [2.05, 4.69) is 27.1 Å². The highest BCUT2D eigenvalue weighted by atomic mass is 19.1. The largest absolute Gasteiger partial charge is 0.340 e. The minimum atomic E-state index is -0.285. The molecule has 3 rings (SSSR count). The Bertz CT molecular complexity index is 659. The van der Waals surface area contributed by atoms with Gasteiger partial charge in [-0.2, -0.15) is 4.98 Å². The van der Waals surface area contributed by atoms with Crippen LogP contribution in [0.1, 0.15) is 25.5 Å². The van der Waals surface area contributed by atoms with Crippen LogP contribution in [0.4, 0.5) is 21.8 Å². The number of aromatic nitrogens is 2. The monoisotopic (exact) mass is 300 g/mol. The fourth-order valence-electron chi connectivity index (χ4n) is 2.83. The van der Waals surface area contributed by atoms with Gasteiger partial charge >= 0.3 is 0 Å². The number of aryl methyl sites for hydroxylation is 1. The van der Waals surface area contributed by atoms with Crippen molar-refractivity contribution in [3.8, 4) is 0 Å². The first-order chi connectivity index (χ1) is 10.6. The molecule has 1 N–H and O–H groups in total. The van der Waals surface area contributed by atoms with Gasteiger partial charge in [0.15, 0.2) is 0 Å². The summed E-state index contributed by atoms with van der Waals surface area (Å²) in [7, 11) is 0. The van der Waals surface area contributed by atoms with Crippen LogP contribution in [0, 0.1) is 18.7 Å². The molecule has 1 aromatic carbocycles. The third-order valence-corrected chi connectivity index (χ3v) is 3.92. The van der Waals surface area contributed by atoms with E-state index in [4.69, 9.17) is 0 Å². The minimum absolute atomic E-state index is 0.285. The molecule has 0 saturated carbocycles. The second-order valence-electron chi connectivity index (χ2n) is 5.99. The van der Waals surface area contributed by atoms with E-state index in [1.165, 1.54) is 12.5 Å². The molecule has 22 heavy (non-hydrogen) atoms. The number of halogens is 1. The summed E-state index contributed by atoms with van der Waals surface area (Å²) in [5.74, 6) is 1.73. The summed E-state index contributed by atoms with van der Waals surface area (Å²) in [5.41, 5.74) is 1.31. The first-order valence-electron chi connectivity index (χ1n) is 7.74. The molecular weight excluding hydrogens is 279 g/mol. The van der Waals surface area contributed by atoms with E-state index in [0.29, 0.717) is 17.4 Å². The van der Waals surface area contributed by atoms with Gasteiger partial charge in [-0.3, -0.25) is 0 Å². The zero-order chi connectivity index (χ0) is 15.5. The Morgan fingerprint density at radius 3 is 2.86 bits per heavy atom. The zero-order valence-corrected chi connectivity index (χ0v) is 13.0. The number of nitrogens with one attached hydrogen (secondary N) is 1. The second kappa shape index (κ2) is 6.30. The SMILES string of the molecule is Cc1cc(Nc2ccccc2F)nc(N2CCCC(C)C2)n1. The first kappa shape index (κ1) is 14.8. The number of piperidine rings is 1. The highest BCUT2D eigenvalue weighted by Crippen LogP contribution is 2.23. The molecule has 0 bridgehead atoms. The van der Waals surface area contributed by atoms with Gasteiger partial charge in [0.2, 0.25) is 5.95 Å². The molecular formula is C17H21FN4. The molecule has 1 aliphatic heterocycles. The zero-order valence-electron chi connectivity index (χ0n) is 13.0. The van der Waals surface area contributed by atoms with Crippen LogP contribution in [0.25, 0.3) is 0 Å². The molecule has 1 atom stereocenters. The molecule has 0 radical (unpaired) electrons. The lowest BCUT2D eigenvalue weighted by molar-refractivity contribution is 0.442. The van der Waals surface area contributed by atoms with E-state index in [1.54, 1.807) is 18.2 Å². The second-order valence-corrected chi connectivity index (χ2v) is 5.99. The summed E-state index contributed by atoms with van der Waals surface area (Å²) in [5, 5.41) is 3.05. The van der Waals surface area contributed by atoms with Crippen LogP contribution in [-0.4, -0.2) is 23.1 Å². The van der Waals surface area contributed by atoms with Gasteiger partial charge in [0.1, 0.15) is 11.6 Å². The molecule has 1 unspecified atom stereocenters. The average Bonchev–Trinajstić information content (AvgIpc) is 2.49. The molecule has 4 nitrogen and oxygen atoms in total. The third-order valence-electron chi connectivity index (χ3n) is 3.92. The fourth-order valence-corrected chi connectivity index (χ4v) is 2.83. The predicted octanol–water partition coefficient (Wildman–Crippen LogP) is 3.90. The molecule has 5 heteroatoms. The Labute approximate surface area is 130 Å². The lowest BCUT2D eigenvalue weighted by Crippen LogP contribution is -2.35. The molecule has 2 aromatic rings. The molecule has 1 aromatic heterocycles. The van der Waals surface area contributed by atoms with Gasteiger partial charge in [0.05, 0.1) is 5.69 Å². The highest BCUT2D eigenvalue weighted by molar-refractivity contribution is 5.58. The fraction of sp³-hybridized carbons (Fsp3) is 0.412. The first-order valence-corrected chi connectivity index (χ1v) is 7.74. The number of benzene rings is 1. The molecule has 2 heterocycles. The van der Waals surface area contributed by atoms with Gasteiger partial charge in [-0.05, 0) is 37.8 Å². The molecule has 0 amide bonds. The van der Waals surface area contributed by atoms with Crippen LogP contribution in [0.5, 0.6) is 0 Å². The topological polar surface area (TPSA) is 41.1 Å². The quantitative estimate of drug-likeness (QED) is 0.933. The van der Waals surface area contributed by atoms with Crippen LogP contribution < -0.4 is 10.2 Å². The average molecular weight is 300 g/mol. The van der Waals surface area contributed by atoms with Crippen molar-refractivity contribution in [1.29, 1.82) is 0 Å². The van der Waals surface area contributed by atoms with Gasteiger partial charge in [0.25, 0.3) is 0 Å². The number of hydrogen-bond donors (Lipinski definition) is 1. The Morgan fingerprint density at radius 1 is 1.27 bits per heavy atom. The van der Waals surface area contributed by atoms with Crippen LogP contribution in [0.3, 0.4) is 0 Å². The van der Waals surface area contributed by atoms with Crippen molar-refractivity contribution in [2.75, 3.05) is 23.3 Å². The van der Waals surface area contributed by atoms with E-state index in [9.17, 15) is 4.39 Å². The summed E-state index contributed by atoms with van der Waals surface area (Å²) in [6.45, 7) is 6.14. The van der Waals surface area contributed by atoms with Gasteiger partial charge in [-0.1, -0.05) is 19.1 Å². The molecule has 1 saturated heterocycles. The van der Waals surface area contributed by atoms with E-state index in [-0.39, 0.29) is 5.82 Å². The van der Waals surface area contributed by atoms with Crippen molar-refractivity contribution in [3.63, 3.8) is 0 Å². The van der Waals surface area contributed by atoms with Crippen LogP contribution in [-0.2, 0) is 0 Å². The summed E-state index contributed by atoms with van der Waals surface area (Å²) in [4.78, 5) is 11.3. The maximum Gasteiger partial charge on any atom is 0.227 e. The Hall–Kier alpha value is -2.17. The summed E-state index contributed by atoms with van der Waals surface area (Å²) < 4.78 is 13.8. The lowest BCUT2D eigenvalue weighted by atomic mass is 10.0. The van der Waals surface area contributed by atoms with E-state index in [0.717, 1.165) is 31.2 Å². The summed E-state index contributed by atoms with van der Waals surface area (Å²) >= 11 is 0.